The lowest BCUT2D eigenvalue weighted by Crippen LogP contribution is -2.95. The minimum Gasteiger partial charge on any atom is -0.511 e. The standard InChI is InChI=1S/C30H44N2O9S2/c1-15-9-18-24(35)17-3-2-4-19-23(17)26(37)29(18,21(34)10-15)13-42-43-14-32-22-11-16(6-8-31-22)5-7-30(39)25(36)20(12-33)41-28(40-19)27(30)38/h9-10,16-20,22-23,25,27-28,31-34,36,38-39H,2-8,11-14H2,1H3/p+1. The molecule has 3 aliphatic heterocycles. The van der Waals surface area contributed by atoms with Crippen LogP contribution in [0.25, 0.3) is 0 Å². The lowest BCUT2D eigenvalue weighted by atomic mass is 9.53. The molecular formula is C30H45N2O9S2+. The molecule has 3 heterocycles. The Hall–Kier alpha value is -1.00. The van der Waals surface area contributed by atoms with E-state index in [1.54, 1.807) is 16.9 Å². The maximum atomic E-state index is 14.6. The zero-order chi connectivity index (χ0) is 30.5. The second kappa shape index (κ2) is 12.7. The van der Waals surface area contributed by atoms with Gasteiger partial charge in [0.15, 0.2) is 12.1 Å². The lowest BCUT2D eigenvalue weighted by Gasteiger charge is -2.53. The molecule has 5 fully saturated rings. The van der Waals surface area contributed by atoms with Crippen molar-refractivity contribution in [2.45, 2.75) is 94.3 Å². The molecule has 43 heavy (non-hydrogen) atoms. The Kier molecular flexibility index (Phi) is 9.41. The molecule has 6 bridgehead atoms. The smallest absolute Gasteiger partial charge is 0.187 e. The van der Waals surface area contributed by atoms with E-state index in [4.69, 9.17) is 9.47 Å². The number of quaternary nitrogens is 1. The fourth-order valence-corrected chi connectivity index (χ4v) is 10.7. The average Bonchev–Trinajstić information content (AvgIpc) is 2.99. The molecule has 6 rings (SSSR count). The van der Waals surface area contributed by atoms with Crippen LogP contribution in [0.4, 0.5) is 0 Å². The minimum atomic E-state index is -2.00. The summed E-state index contributed by atoms with van der Waals surface area (Å²) in [6.45, 7) is 2.11. The van der Waals surface area contributed by atoms with Crippen LogP contribution in [-0.4, -0.2) is 104 Å². The van der Waals surface area contributed by atoms with Gasteiger partial charge in [0.1, 0.15) is 47.0 Å². The largest absolute Gasteiger partial charge is 0.511 e. The van der Waals surface area contributed by atoms with E-state index < -0.39 is 66.1 Å². The van der Waals surface area contributed by atoms with Crippen LogP contribution >= 0.6 is 21.6 Å². The Labute approximate surface area is 259 Å². The van der Waals surface area contributed by atoms with Crippen molar-refractivity contribution in [2.75, 3.05) is 24.8 Å². The minimum absolute atomic E-state index is 0.0837. The number of hydrogen-bond acceptors (Lipinski definition) is 12. The van der Waals surface area contributed by atoms with E-state index in [1.807, 2.05) is 13.0 Å². The highest BCUT2D eigenvalue weighted by molar-refractivity contribution is 8.76. The molecule has 3 aliphatic carbocycles. The number of piperidine rings is 1. The third-order valence-corrected chi connectivity index (χ3v) is 13.0. The van der Waals surface area contributed by atoms with E-state index >= 15 is 0 Å². The summed E-state index contributed by atoms with van der Waals surface area (Å²) in [4.78, 5) is 28.8. The van der Waals surface area contributed by atoms with Gasteiger partial charge in [-0.2, -0.15) is 0 Å². The highest BCUT2D eigenvalue weighted by Gasteiger charge is 2.64. The van der Waals surface area contributed by atoms with Crippen LogP contribution in [-0.2, 0) is 19.1 Å². The maximum absolute atomic E-state index is 14.6. The van der Waals surface area contributed by atoms with Gasteiger partial charge in [-0.25, -0.2) is 0 Å². The lowest BCUT2D eigenvalue weighted by molar-refractivity contribution is -0.704. The summed E-state index contributed by atoms with van der Waals surface area (Å²) in [5, 5.41) is 61.5. The monoisotopic (exact) mass is 641 g/mol. The Morgan fingerprint density at radius 3 is 2.72 bits per heavy atom. The highest BCUT2D eigenvalue weighted by atomic mass is 33.1. The van der Waals surface area contributed by atoms with Gasteiger partial charge in [-0.15, -0.1) is 0 Å². The third-order valence-electron chi connectivity index (χ3n) is 10.8. The Morgan fingerprint density at radius 1 is 1.12 bits per heavy atom. The molecule has 11 nitrogen and oxygen atoms in total. The first kappa shape index (κ1) is 32.0. The summed E-state index contributed by atoms with van der Waals surface area (Å²) >= 11 is 0. The average molecular weight is 642 g/mol. The fourth-order valence-electron chi connectivity index (χ4n) is 8.36. The molecule has 0 aromatic rings. The second-order valence-electron chi connectivity index (χ2n) is 13.3. The van der Waals surface area contributed by atoms with Crippen LogP contribution < -0.4 is 10.6 Å². The molecule has 3 saturated heterocycles. The third kappa shape index (κ3) is 5.55. The number of hydrogen-bond donors (Lipinski definition) is 7. The first-order valence-corrected chi connectivity index (χ1v) is 18.1. The maximum Gasteiger partial charge on any atom is 0.187 e. The van der Waals surface area contributed by atoms with Crippen LogP contribution in [0.1, 0.15) is 51.9 Å². The molecule has 2 saturated carbocycles. The number of Topliss-reactive ketones (excluding diaryl/α,β-unsaturated/α-hetero) is 2. The predicted octanol–water partition coefficient (Wildman–Crippen LogP) is 0.136. The van der Waals surface area contributed by atoms with Gasteiger partial charge in [-0.3, -0.25) is 14.9 Å². The van der Waals surface area contributed by atoms with E-state index in [1.165, 1.54) is 10.8 Å². The van der Waals surface area contributed by atoms with Crippen LogP contribution in [0.15, 0.2) is 23.5 Å². The van der Waals surface area contributed by atoms with Gasteiger partial charge in [-0.05, 0) is 51.0 Å². The van der Waals surface area contributed by atoms with E-state index in [2.05, 4.69) is 10.6 Å². The number of aliphatic hydroxyl groups excluding tert-OH is 4. The number of carbonyl (C=O) groups is 2. The van der Waals surface area contributed by atoms with Gasteiger partial charge in [0.05, 0.1) is 37.0 Å². The van der Waals surface area contributed by atoms with E-state index in [-0.39, 0.29) is 41.6 Å². The number of allylic oxidation sites excluding steroid dienone is 4. The summed E-state index contributed by atoms with van der Waals surface area (Å²) in [5.41, 5.74) is -2.69. The van der Waals surface area contributed by atoms with Gasteiger partial charge in [0.2, 0.25) is 0 Å². The SMILES string of the molecule is CC1=CC2C(=O)C3CCCC4OC5OC(CO)C(O)C(O)(CCC6CC[NH2+]C(C6)NCSSCC2(C(=O)C43)C(O)=C1)C5O. The zero-order valence-corrected chi connectivity index (χ0v) is 26.1. The molecule has 0 aromatic carbocycles. The molecule has 8 N–H and O–H groups in total. The molecule has 6 aliphatic rings. The van der Waals surface area contributed by atoms with Crippen LogP contribution in [0.3, 0.4) is 0 Å². The fraction of sp³-hybridized carbons (Fsp3) is 0.800. The first-order valence-electron chi connectivity index (χ1n) is 15.6. The molecule has 0 aromatic heterocycles. The Bertz CT molecular complexity index is 1150. The molecule has 1 spiro atoms. The van der Waals surface area contributed by atoms with Gasteiger partial charge in [0, 0.05) is 18.1 Å². The topological polar surface area (TPSA) is 182 Å². The van der Waals surface area contributed by atoms with Crippen molar-refractivity contribution >= 4 is 33.2 Å². The summed E-state index contributed by atoms with van der Waals surface area (Å²) < 4.78 is 12.2. The summed E-state index contributed by atoms with van der Waals surface area (Å²) in [7, 11) is 3.03. The molecular weight excluding hydrogens is 596 g/mol. The molecule has 12 atom stereocenters. The Balaban J connectivity index is 1.37. The number of carbonyl (C=O) groups excluding carboxylic acids is 2. The summed E-state index contributed by atoms with van der Waals surface area (Å²) in [6, 6.07) is 0. The van der Waals surface area contributed by atoms with E-state index in [9.17, 15) is 35.1 Å². The highest BCUT2D eigenvalue weighted by Crippen LogP contribution is 2.55. The molecule has 13 heteroatoms. The van der Waals surface area contributed by atoms with Crippen LogP contribution in [0, 0.1) is 29.1 Å². The van der Waals surface area contributed by atoms with Crippen molar-refractivity contribution in [3.63, 3.8) is 0 Å². The van der Waals surface area contributed by atoms with Crippen molar-refractivity contribution in [1.29, 1.82) is 0 Å². The van der Waals surface area contributed by atoms with E-state index in [0.29, 0.717) is 31.6 Å². The van der Waals surface area contributed by atoms with E-state index in [0.717, 1.165) is 25.0 Å². The molecule has 12 unspecified atom stereocenters. The van der Waals surface area contributed by atoms with Crippen molar-refractivity contribution in [1.82, 2.24) is 5.32 Å². The summed E-state index contributed by atoms with van der Waals surface area (Å²) in [5.74, 6) is -1.64. The molecule has 0 amide bonds. The van der Waals surface area contributed by atoms with Crippen molar-refractivity contribution in [3.8, 4) is 0 Å². The number of aliphatic hydroxyl groups is 5. The van der Waals surface area contributed by atoms with Gasteiger partial charge in [0.25, 0.3) is 0 Å². The van der Waals surface area contributed by atoms with Crippen LogP contribution in [0.2, 0.25) is 0 Å². The zero-order valence-electron chi connectivity index (χ0n) is 24.5. The number of ether oxygens (including phenoxy) is 2. The normalized spacial score (nSPS) is 47.8. The number of nitrogens with one attached hydrogen (secondary N) is 1. The number of ketones is 2. The van der Waals surface area contributed by atoms with Gasteiger partial charge in [-0.1, -0.05) is 39.7 Å². The van der Waals surface area contributed by atoms with Crippen molar-refractivity contribution in [2.24, 2.45) is 29.1 Å². The number of nitrogens with two attached hydrogens (primary N) is 1. The first-order chi connectivity index (χ1) is 20.6. The Morgan fingerprint density at radius 2 is 1.93 bits per heavy atom. The second-order valence-corrected chi connectivity index (χ2v) is 15.8. The molecule has 0 radical (unpaired) electrons. The molecule has 240 valence electrons. The number of rotatable bonds is 1. The quantitative estimate of drug-likeness (QED) is 0.193. The van der Waals surface area contributed by atoms with Gasteiger partial charge >= 0.3 is 0 Å². The number of fused-ring (bicyclic) bond motifs is 4. The van der Waals surface area contributed by atoms with Gasteiger partial charge < -0.3 is 40.3 Å². The van der Waals surface area contributed by atoms with Crippen molar-refractivity contribution < 1.29 is 49.9 Å². The predicted molar refractivity (Wildman–Crippen MR) is 159 cm³/mol. The van der Waals surface area contributed by atoms with Crippen molar-refractivity contribution in [3.05, 3.63) is 23.5 Å². The summed E-state index contributed by atoms with van der Waals surface area (Å²) in [6.07, 6.45) is 0.860. The van der Waals surface area contributed by atoms with Crippen LogP contribution in [0.5, 0.6) is 0 Å².